The van der Waals surface area contributed by atoms with Gasteiger partial charge in [-0.3, -0.25) is 0 Å². The maximum absolute atomic E-state index is 11.8. The van der Waals surface area contributed by atoms with Gasteiger partial charge in [0, 0.05) is 0 Å². The Morgan fingerprint density at radius 1 is 0.929 bits per heavy atom. The van der Waals surface area contributed by atoms with Crippen LogP contribution in [0.15, 0.2) is 18.2 Å². The zero-order chi connectivity index (χ0) is 20.5. The number of aliphatic hydroxyl groups excluding tert-OH is 1. The van der Waals surface area contributed by atoms with Crippen molar-refractivity contribution in [2.75, 3.05) is 52.0 Å². The normalized spacial score (nSPS) is 10.9. The fourth-order valence-corrected chi connectivity index (χ4v) is 2.65. The van der Waals surface area contributed by atoms with Crippen molar-refractivity contribution in [3.63, 3.8) is 0 Å². The Bertz CT molecular complexity index is 539. The van der Waals surface area contributed by atoms with Crippen molar-refractivity contribution in [1.29, 1.82) is 0 Å². The lowest BCUT2D eigenvalue weighted by molar-refractivity contribution is -0.140. The predicted octanol–water partition coefficient (Wildman–Crippen LogP) is 2.37. The molecule has 7 nitrogen and oxygen atoms in total. The maximum Gasteiger partial charge on any atom is 0.337 e. The van der Waals surface area contributed by atoms with Gasteiger partial charge in [0.2, 0.25) is 0 Å². The highest BCUT2D eigenvalue weighted by molar-refractivity contribution is 7.80. The van der Waals surface area contributed by atoms with Crippen molar-refractivity contribution in [2.24, 2.45) is 0 Å². The first-order valence-corrected chi connectivity index (χ1v) is 10.3. The van der Waals surface area contributed by atoms with Crippen molar-refractivity contribution in [1.82, 2.24) is 0 Å². The van der Waals surface area contributed by atoms with Crippen molar-refractivity contribution in [3.05, 3.63) is 23.8 Å². The Balaban J connectivity index is 2.20. The highest BCUT2D eigenvalue weighted by Crippen LogP contribution is 2.25. The van der Waals surface area contributed by atoms with Gasteiger partial charge in [0.05, 0.1) is 39.6 Å². The molecule has 0 aromatic heterocycles. The van der Waals surface area contributed by atoms with Crippen LogP contribution >= 0.6 is 12.6 Å². The van der Waals surface area contributed by atoms with Crippen LogP contribution in [0.1, 0.15) is 31.2 Å². The third kappa shape index (κ3) is 12.2. The van der Waals surface area contributed by atoms with Crippen LogP contribution in [0.3, 0.4) is 0 Å². The van der Waals surface area contributed by atoms with E-state index in [-0.39, 0.29) is 25.6 Å². The number of carbonyl (C=O) groups excluding carboxylic acids is 1. The molecule has 0 unspecified atom stereocenters. The molecule has 1 rings (SSSR count). The number of carbonyl (C=O) groups is 1. The van der Waals surface area contributed by atoms with E-state index in [0.717, 1.165) is 43.4 Å². The Labute approximate surface area is 172 Å². The van der Waals surface area contributed by atoms with Crippen molar-refractivity contribution < 1.29 is 34.0 Å². The summed E-state index contributed by atoms with van der Waals surface area (Å²) < 4.78 is 20.8. The Morgan fingerprint density at radius 3 is 2.32 bits per heavy atom. The lowest BCUT2D eigenvalue weighted by Gasteiger charge is -2.09. The van der Waals surface area contributed by atoms with E-state index in [1.54, 1.807) is 18.2 Å². The van der Waals surface area contributed by atoms with E-state index in [0.29, 0.717) is 32.2 Å². The standard InChI is InChI=1S/C20H32O7S/c21-8-9-24-10-11-25-12-13-26-16-20(23)27-18-6-7-19(22)17(15-18)5-3-1-2-4-14-28/h6-7,15,21-22,28H,1-5,8-14,16H2. The predicted molar refractivity (Wildman–Crippen MR) is 109 cm³/mol. The van der Waals surface area contributed by atoms with E-state index in [9.17, 15) is 9.90 Å². The number of rotatable bonds is 17. The van der Waals surface area contributed by atoms with Crippen LogP contribution in [0.4, 0.5) is 0 Å². The third-order valence-electron chi connectivity index (χ3n) is 3.84. The van der Waals surface area contributed by atoms with Gasteiger partial charge in [-0.2, -0.15) is 12.6 Å². The molecule has 0 spiro atoms. The first-order valence-electron chi connectivity index (χ1n) is 9.65. The molecule has 0 aliphatic rings. The van der Waals surface area contributed by atoms with Crippen LogP contribution in [0.2, 0.25) is 0 Å². The number of aromatic hydroxyl groups is 1. The molecule has 0 radical (unpaired) electrons. The van der Waals surface area contributed by atoms with E-state index in [1.165, 1.54) is 0 Å². The summed E-state index contributed by atoms with van der Waals surface area (Å²) >= 11 is 4.19. The van der Waals surface area contributed by atoms with E-state index >= 15 is 0 Å². The summed E-state index contributed by atoms with van der Waals surface area (Å²) in [5.41, 5.74) is 0.772. The van der Waals surface area contributed by atoms with Crippen LogP contribution in [-0.4, -0.2) is 68.2 Å². The minimum absolute atomic E-state index is 0.00976. The summed E-state index contributed by atoms with van der Waals surface area (Å²) in [7, 11) is 0. The Kier molecular flexibility index (Phi) is 14.7. The second kappa shape index (κ2) is 16.6. The molecular formula is C20H32O7S. The molecule has 8 heteroatoms. The number of phenols is 1. The number of aliphatic hydroxyl groups is 1. The molecule has 0 atom stereocenters. The minimum Gasteiger partial charge on any atom is -0.508 e. The van der Waals surface area contributed by atoms with Crippen molar-refractivity contribution in [3.8, 4) is 11.5 Å². The highest BCUT2D eigenvalue weighted by Gasteiger charge is 2.08. The quantitative estimate of drug-likeness (QED) is 0.155. The SMILES string of the molecule is O=C(COCCOCCOCCO)Oc1ccc(O)c(CCCCCCS)c1. The molecule has 0 saturated carbocycles. The van der Waals surface area contributed by atoms with Gasteiger partial charge in [-0.05, 0) is 48.8 Å². The van der Waals surface area contributed by atoms with E-state index in [1.807, 2.05) is 0 Å². The van der Waals surface area contributed by atoms with Crippen LogP contribution in [0, 0.1) is 0 Å². The van der Waals surface area contributed by atoms with Crippen LogP contribution in [0.25, 0.3) is 0 Å². The van der Waals surface area contributed by atoms with E-state index < -0.39 is 5.97 Å². The second-order valence-electron chi connectivity index (χ2n) is 6.15. The summed E-state index contributed by atoms with van der Waals surface area (Å²) in [4.78, 5) is 11.8. The zero-order valence-corrected chi connectivity index (χ0v) is 17.2. The first-order chi connectivity index (χ1) is 13.7. The zero-order valence-electron chi connectivity index (χ0n) is 16.3. The number of benzene rings is 1. The molecule has 1 aromatic carbocycles. The summed E-state index contributed by atoms with van der Waals surface area (Å²) in [5.74, 6) is 1.00. The number of aryl methyl sites for hydroxylation is 1. The molecule has 28 heavy (non-hydrogen) atoms. The second-order valence-corrected chi connectivity index (χ2v) is 6.60. The molecule has 2 N–H and O–H groups in total. The highest BCUT2D eigenvalue weighted by atomic mass is 32.1. The number of unbranched alkanes of at least 4 members (excludes halogenated alkanes) is 3. The average molecular weight is 417 g/mol. The molecular weight excluding hydrogens is 384 g/mol. The van der Waals surface area contributed by atoms with Crippen LogP contribution < -0.4 is 4.74 Å². The molecule has 0 saturated heterocycles. The van der Waals surface area contributed by atoms with Crippen molar-refractivity contribution >= 4 is 18.6 Å². The monoisotopic (exact) mass is 416 g/mol. The molecule has 1 aromatic rings. The van der Waals surface area contributed by atoms with Gasteiger partial charge in [-0.1, -0.05) is 12.8 Å². The average Bonchev–Trinajstić information content (AvgIpc) is 2.69. The van der Waals surface area contributed by atoms with Crippen molar-refractivity contribution in [2.45, 2.75) is 32.1 Å². The van der Waals surface area contributed by atoms with E-state index in [4.69, 9.17) is 24.1 Å². The molecule has 0 bridgehead atoms. The van der Waals surface area contributed by atoms with Gasteiger partial charge in [0.1, 0.15) is 18.1 Å². The number of phenolic OH excluding ortho intramolecular Hbond substituents is 1. The van der Waals surface area contributed by atoms with Gasteiger partial charge in [-0.15, -0.1) is 0 Å². The summed E-state index contributed by atoms with van der Waals surface area (Å²) in [6.07, 6.45) is 4.99. The van der Waals surface area contributed by atoms with Gasteiger partial charge < -0.3 is 29.2 Å². The molecule has 0 aliphatic heterocycles. The molecule has 0 heterocycles. The Morgan fingerprint density at radius 2 is 1.61 bits per heavy atom. The molecule has 0 fully saturated rings. The number of esters is 1. The van der Waals surface area contributed by atoms with Crippen LogP contribution in [0.5, 0.6) is 11.5 Å². The topological polar surface area (TPSA) is 94.5 Å². The Hall–Kier alpha value is -1.32. The minimum atomic E-state index is -0.503. The third-order valence-corrected chi connectivity index (χ3v) is 4.15. The summed E-state index contributed by atoms with van der Waals surface area (Å²) in [5, 5.41) is 18.5. The number of ether oxygens (including phenoxy) is 4. The fraction of sp³-hybridized carbons (Fsp3) is 0.650. The molecule has 0 amide bonds. The smallest absolute Gasteiger partial charge is 0.337 e. The number of thiol groups is 1. The number of hydrogen-bond acceptors (Lipinski definition) is 8. The summed E-state index contributed by atoms with van der Waals surface area (Å²) in [6, 6.07) is 4.80. The number of hydrogen-bond donors (Lipinski definition) is 3. The van der Waals surface area contributed by atoms with Crippen LogP contribution in [-0.2, 0) is 25.4 Å². The fourth-order valence-electron chi connectivity index (χ4n) is 2.43. The summed E-state index contributed by atoms with van der Waals surface area (Å²) in [6.45, 7) is 1.52. The van der Waals surface area contributed by atoms with E-state index in [2.05, 4.69) is 12.6 Å². The maximum atomic E-state index is 11.8. The van der Waals surface area contributed by atoms with Gasteiger partial charge in [-0.25, -0.2) is 4.79 Å². The molecule has 160 valence electrons. The van der Waals surface area contributed by atoms with Gasteiger partial charge in [0.25, 0.3) is 0 Å². The first kappa shape index (κ1) is 24.7. The molecule has 0 aliphatic carbocycles. The van der Waals surface area contributed by atoms with Gasteiger partial charge >= 0.3 is 5.97 Å². The van der Waals surface area contributed by atoms with Gasteiger partial charge in [0.15, 0.2) is 0 Å². The lowest BCUT2D eigenvalue weighted by Crippen LogP contribution is -2.18. The lowest BCUT2D eigenvalue weighted by atomic mass is 10.1. The largest absolute Gasteiger partial charge is 0.508 e.